The fourth-order valence-corrected chi connectivity index (χ4v) is 2.71. The summed E-state index contributed by atoms with van der Waals surface area (Å²) in [5, 5.41) is 28.6. The van der Waals surface area contributed by atoms with Crippen molar-refractivity contribution in [1.29, 1.82) is 5.26 Å². The highest BCUT2D eigenvalue weighted by atomic mass is 79.9. The van der Waals surface area contributed by atoms with Gasteiger partial charge in [-0.25, -0.2) is 4.79 Å². The molecule has 3 rings (SSSR count). The predicted octanol–water partition coefficient (Wildman–Crippen LogP) is 3.51. The highest BCUT2D eigenvalue weighted by molar-refractivity contribution is 9.10. The molecule has 0 aliphatic rings. The van der Waals surface area contributed by atoms with Gasteiger partial charge in [-0.2, -0.15) is 5.26 Å². The summed E-state index contributed by atoms with van der Waals surface area (Å²) in [5.74, 6) is -1.43. The number of amides is 1. The van der Waals surface area contributed by atoms with Crippen LogP contribution in [0, 0.1) is 11.3 Å². The molecule has 0 saturated carbocycles. The number of nitrogens with zero attached hydrogens (tertiary/aromatic N) is 4. The van der Waals surface area contributed by atoms with Crippen molar-refractivity contribution in [3.05, 3.63) is 69.0 Å². The van der Waals surface area contributed by atoms with Crippen molar-refractivity contribution < 1.29 is 14.7 Å². The molecule has 27 heavy (non-hydrogen) atoms. The molecule has 0 aliphatic heterocycles. The fraction of sp³-hybridized carbons (Fsp3) is 0. The third-order valence-corrected chi connectivity index (χ3v) is 4.71. The van der Waals surface area contributed by atoms with Crippen LogP contribution in [0.25, 0.3) is 5.82 Å². The van der Waals surface area contributed by atoms with E-state index in [2.05, 4.69) is 31.4 Å². The first-order valence-corrected chi connectivity index (χ1v) is 8.52. The summed E-state index contributed by atoms with van der Waals surface area (Å²) in [4.78, 5) is 23.7. The molecule has 2 aromatic heterocycles. The van der Waals surface area contributed by atoms with Crippen molar-refractivity contribution in [2.24, 2.45) is 0 Å². The summed E-state index contributed by atoms with van der Waals surface area (Å²) in [7, 11) is 0. The molecule has 134 valence electrons. The molecule has 1 aromatic carbocycles. The normalized spacial score (nSPS) is 10.3. The summed E-state index contributed by atoms with van der Waals surface area (Å²) in [6, 6.07) is 9.24. The van der Waals surface area contributed by atoms with Crippen LogP contribution < -0.4 is 5.32 Å². The van der Waals surface area contributed by atoms with Crippen LogP contribution in [0.3, 0.4) is 0 Å². The second-order valence-electron chi connectivity index (χ2n) is 5.27. The van der Waals surface area contributed by atoms with Crippen molar-refractivity contribution in [2.45, 2.75) is 0 Å². The molecule has 3 aromatic rings. The molecule has 2 heterocycles. The second kappa shape index (κ2) is 7.57. The zero-order valence-corrected chi connectivity index (χ0v) is 15.7. The minimum atomic E-state index is -1.22. The van der Waals surface area contributed by atoms with E-state index < -0.39 is 11.9 Å². The smallest absolute Gasteiger partial charge is 0.337 e. The Kier molecular flexibility index (Phi) is 5.21. The minimum absolute atomic E-state index is 0.0122. The standard InChI is InChI=1S/C17H9BrClN5O3/c18-11-5-10(17(26)27)14(6-12(11)19)21-16(25)13-1-2-15(23-22-13)24-4-3-9(7-20)8-24/h1-6,8H,(H,21,25)(H,26,27). The molecule has 1 amide bonds. The van der Waals surface area contributed by atoms with Crippen molar-refractivity contribution in [3.63, 3.8) is 0 Å². The number of carbonyl (C=O) groups is 2. The van der Waals surface area contributed by atoms with Crippen LogP contribution in [-0.4, -0.2) is 31.7 Å². The minimum Gasteiger partial charge on any atom is -0.478 e. The predicted molar refractivity (Wildman–Crippen MR) is 100 cm³/mol. The van der Waals surface area contributed by atoms with Gasteiger partial charge in [0.15, 0.2) is 11.5 Å². The van der Waals surface area contributed by atoms with Crippen LogP contribution in [0.1, 0.15) is 26.4 Å². The van der Waals surface area contributed by atoms with Crippen LogP contribution in [0.5, 0.6) is 0 Å². The Balaban J connectivity index is 1.84. The number of aromatic carboxylic acids is 1. The first-order valence-electron chi connectivity index (χ1n) is 7.35. The van der Waals surface area contributed by atoms with E-state index in [-0.39, 0.29) is 22.0 Å². The Labute approximate surface area is 166 Å². The topological polar surface area (TPSA) is 121 Å². The third-order valence-electron chi connectivity index (χ3n) is 3.51. The van der Waals surface area contributed by atoms with Crippen LogP contribution in [0.2, 0.25) is 5.02 Å². The average molecular weight is 447 g/mol. The van der Waals surface area contributed by atoms with E-state index >= 15 is 0 Å². The second-order valence-corrected chi connectivity index (χ2v) is 6.53. The number of carboxylic acids is 1. The van der Waals surface area contributed by atoms with Gasteiger partial charge in [0.2, 0.25) is 0 Å². The zero-order valence-electron chi connectivity index (χ0n) is 13.3. The molecular weight excluding hydrogens is 438 g/mol. The molecule has 0 radical (unpaired) electrons. The van der Waals surface area contributed by atoms with Crippen LogP contribution in [0.4, 0.5) is 5.69 Å². The lowest BCUT2D eigenvalue weighted by Gasteiger charge is -2.10. The van der Waals surface area contributed by atoms with E-state index in [1.807, 2.05) is 6.07 Å². The monoisotopic (exact) mass is 445 g/mol. The van der Waals surface area contributed by atoms with Crippen molar-refractivity contribution in [3.8, 4) is 11.9 Å². The van der Waals surface area contributed by atoms with E-state index in [4.69, 9.17) is 16.9 Å². The Bertz CT molecular complexity index is 1090. The number of hydrogen-bond acceptors (Lipinski definition) is 5. The summed E-state index contributed by atoms with van der Waals surface area (Å²) in [6.07, 6.45) is 3.22. The number of aromatic nitrogens is 3. The first-order chi connectivity index (χ1) is 12.9. The zero-order chi connectivity index (χ0) is 19.6. The molecule has 8 nitrogen and oxygen atoms in total. The number of rotatable bonds is 4. The Morgan fingerprint density at radius 1 is 1.26 bits per heavy atom. The molecule has 2 N–H and O–H groups in total. The van der Waals surface area contributed by atoms with Gasteiger partial charge in [0, 0.05) is 16.9 Å². The summed E-state index contributed by atoms with van der Waals surface area (Å²) < 4.78 is 1.98. The van der Waals surface area contributed by atoms with Gasteiger partial charge in [-0.3, -0.25) is 4.79 Å². The van der Waals surface area contributed by atoms with Gasteiger partial charge in [0.05, 0.1) is 21.8 Å². The van der Waals surface area contributed by atoms with E-state index in [0.717, 1.165) is 0 Å². The lowest BCUT2D eigenvalue weighted by molar-refractivity contribution is 0.0698. The molecular formula is C17H9BrClN5O3. The van der Waals surface area contributed by atoms with Gasteiger partial charge >= 0.3 is 5.97 Å². The number of benzene rings is 1. The number of nitriles is 1. The quantitative estimate of drug-likeness (QED) is 0.632. The van der Waals surface area contributed by atoms with Gasteiger partial charge in [-0.05, 0) is 46.3 Å². The molecule has 0 fully saturated rings. The Morgan fingerprint density at radius 3 is 2.63 bits per heavy atom. The van der Waals surface area contributed by atoms with Gasteiger partial charge in [-0.15, -0.1) is 10.2 Å². The number of halogens is 2. The molecule has 0 aliphatic carbocycles. The summed E-state index contributed by atoms with van der Waals surface area (Å²) in [5.41, 5.74) is 0.366. The Hall–Kier alpha value is -3.22. The maximum Gasteiger partial charge on any atom is 0.337 e. The maximum absolute atomic E-state index is 12.4. The number of hydrogen-bond donors (Lipinski definition) is 2. The van der Waals surface area contributed by atoms with E-state index in [1.54, 1.807) is 29.1 Å². The Morgan fingerprint density at radius 2 is 2.04 bits per heavy atom. The van der Waals surface area contributed by atoms with Gasteiger partial charge < -0.3 is 15.0 Å². The lowest BCUT2D eigenvalue weighted by atomic mass is 10.1. The van der Waals surface area contributed by atoms with Crippen molar-refractivity contribution in [1.82, 2.24) is 14.8 Å². The first kappa shape index (κ1) is 18.6. The van der Waals surface area contributed by atoms with Gasteiger partial charge in [0.1, 0.15) is 6.07 Å². The third kappa shape index (κ3) is 3.97. The number of anilines is 1. The number of carboxylic acid groups (broad SMARTS) is 1. The van der Waals surface area contributed by atoms with Crippen LogP contribution in [0.15, 0.2) is 47.2 Å². The van der Waals surface area contributed by atoms with E-state index in [0.29, 0.717) is 15.9 Å². The highest BCUT2D eigenvalue weighted by Crippen LogP contribution is 2.29. The van der Waals surface area contributed by atoms with Crippen LogP contribution >= 0.6 is 27.5 Å². The largest absolute Gasteiger partial charge is 0.478 e. The maximum atomic E-state index is 12.4. The highest BCUT2D eigenvalue weighted by Gasteiger charge is 2.17. The molecule has 10 heteroatoms. The lowest BCUT2D eigenvalue weighted by Crippen LogP contribution is -2.17. The SMILES string of the molecule is N#Cc1ccn(-c2ccc(C(=O)Nc3cc(Cl)c(Br)cc3C(=O)O)nn2)c1. The molecule has 0 saturated heterocycles. The average Bonchev–Trinajstić information content (AvgIpc) is 3.13. The van der Waals surface area contributed by atoms with E-state index in [1.165, 1.54) is 18.2 Å². The molecule has 0 spiro atoms. The summed E-state index contributed by atoms with van der Waals surface area (Å²) >= 11 is 9.12. The van der Waals surface area contributed by atoms with Gasteiger partial charge in [0.25, 0.3) is 5.91 Å². The van der Waals surface area contributed by atoms with Gasteiger partial charge in [-0.1, -0.05) is 11.6 Å². The summed E-state index contributed by atoms with van der Waals surface area (Å²) in [6.45, 7) is 0. The number of carbonyl (C=O) groups excluding carboxylic acids is 1. The van der Waals surface area contributed by atoms with Crippen molar-refractivity contribution in [2.75, 3.05) is 5.32 Å². The van der Waals surface area contributed by atoms with E-state index in [9.17, 15) is 14.7 Å². The van der Waals surface area contributed by atoms with Crippen LogP contribution in [-0.2, 0) is 0 Å². The fourth-order valence-electron chi connectivity index (χ4n) is 2.20. The molecule has 0 unspecified atom stereocenters. The number of nitrogens with one attached hydrogen (secondary N) is 1. The van der Waals surface area contributed by atoms with Crippen molar-refractivity contribution >= 4 is 45.1 Å². The molecule has 0 atom stereocenters. The molecule has 0 bridgehead atoms.